The van der Waals surface area contributed by atoms with Gasteiger partial charge in [0.2, 0.25) is 0 Å². The zero-order valence-corrected chi connectivity index (χ0v) is 20.0. The van der Waals surface area contributed by atoms with E-state index >= 15 is 0 Å². The van der Waals surface area contributed by atoms with E-state index in [-0.39, 0.29) is 11.3 Å². The van der Waals surface area contributed by atoms with Gasteiger partial charge in [-0.1, -0.05) is 51.0 Å². The van der Waals surface area contributed by atoms with Gasteiger partial charge < -0.3 is 14.8 Å². The first-order valence-electron chi connectivity index (χ1n) is 12.1. The molecule has 0 saturated carbocycles. The number of aryl methyl sites for hydroxylation is 3. The molecule has 0 aliphatic carbocycles. The lowest BCUT2D eigenvalue weighted by Crippen LogP contribution is -2.16. The first-order valence-corrected chi connectivity index (χ1v) is 12.1. The number of carbonyl (C=O) groups is 2. The molecule has 0 aliphatic heterocycles. The predicted molar refractivity (Wildman–Crippen MR) is 132 cm³/mol. The lowest BCUT2D eigenvalue weighted by Gasteiger charge is -2.07. The van der Waals surface area contributed by atoms with Crippen LogP contribution < -0.4 is 5.32 Å². The number of unbranched alkanes of at least 4 members (excludes halogenated alkanes) is 2. The zero-order valence-electron chi connectivity index (χ0n) is 20.0. The number of furan rings is 1. The fourth-order valence-corrected chi connectivity index (χ4v) is 4.10. The molecular formula is C28H35NO4. The minimum atomic E-state index is -1.00. The third kappa shape index (κ3) is 6.11. The Kier molecular flexibility index (Phi) is 8.84. The summed E-state index contributed by atoms with van der Waals surface area (Å²) in [6, 6.07) is 11.1. The van der Waals surface area contributed by atoms with E-state index in [0.29, 0.717) is 39.8 Å². The molecule has 0 radical (unpaired) electrons. The van der Waals surface area contributed by atoms with Crippen molar-refractivity contribution >= 4 is 22.7 Å². The van der Waals surface area contributed by atoms with E-state index in [1.807, 2.05) is 24.3 Å². The number of nitrogens with one attached hydrogen (secondary N) is 1. The lowest BCUT2D eigenvalue weighted by molar-refractivity contribution is 0.0696. The normalized spacial score (nSPS) is 11.2. The summed E-state index contributed by atoms with van der Waals surface area (Å²) in [7, 11) is 0. The number of carboxylic acid groups (broad SMARTS) is 1. The van der Waals surface area contributed by atoms with Crippen LogP contribution in [0.15, 0.2) is 40.8 Å². The van der Waals surface area contributed by atoms with Crippen LogP contribution in [-0.4, -0.2) is 29.9 Å². The van der Waals surface area contributed by atoms with Gasteiger partial charge in [0.05, 0.1) is 11.1 Å². The standard InChI is InChI=1S/C28H35NO4/c1-4-6-10-24-26(23-18-22(28(31)32)19(3)17-25(23)33-24)27(30)21-13-11-20(12-14-21)9-8-16-29-15-7-5-2/h11-14,17-18,29H,4-10,15-16H2,1-3H3,(H,31,32). The highest BCUT2D eigenvalue weighted by atomic mass is 16.4. The summed E-state index contributed by atoms with van der Waals surface area (Å²) < 4.78 is 6.06. The molecule has 0 unspecified atom stereocenters. The van der Waals surface area contributed by atoms with Gasteiger partial charge in [-0.2, -0.15) is 0 Å². The summed E-state index contributed by atoms with van der Waals surface area (Å²) in [5.74, 6) is -0.480. The first kappa shape index (κ1) is 24.7. The number of hydrogen-bond donors (Lipinski definition) is 2. The summed E-state index contributed by atoms with van der Waals surface area (Å²) in [5, 5.41) is 13.6. The van der Waals surface area contributed by atoms with Gasteiger partial charge in [0.25, 0.3) is 0 Å². The number of aromatic carboxylic acids is 1. The maximum Gasteiger partial charge on any atom is 0.335 e. The summed E-state index contributed by atoms with van der Waals surface area (Å²) in [4.78, 5) is 25.2. The Morgan fingerprint density at radius 3 is 2.30 bits per heavy atom. The molecule has 5 heteroatoms. The second kappa shape index (κ2) is 11.8. The Morgan fingerprint density at radius 2 is 1.64 bits per heavy atom. The molecule has 3 rings (SSSR count). The molecule has 0 bridgehead atoms. The monoisotopic (exact) mass is 449 g/mol. The van der Waals surface area contributed by atoms with Gasteiger partial charge in [-0.15, -0.1) is 0 Å². The first-order chi connectivity index (χ1) is 16.0. The van der Waals surface area contributed by atoms with Gasteiger partial charge in [-0.3, -0.25) is 4.79 Å². The number of carbonyl (C=O) groups excluding carboxylic acids is 1. The van der Waals surface area contributed by atoms with Crippen molar-refractivity contribution in [2.24, 2.45) is 0 Å². The maximum atomic E-state index is 13.5. The van der Waals surface area contributed by atoms with Crippen LogP contribution in [0.5, 0.6) is 0 Å². The van der Waals surface area contributed by atoms with Crippen LogP contribution >= 0.6 is 0 Å². The molecule has 3 aromatic rings. The summed E-state index contributed by atoms with van der Waals surface area (Å²) in [5.41, 5.74) is 3.68. The van der Waals surface area contributed by atoms with Crippen LogP contribution in [0.3, 0.4) is 0 Å². The third-order valence-corrected chi connectivity index (χ3v) is 6.07. The van der Waals surface area contributed by atoms with Gasteiger partial charge >= 0.3 is 5.97 Å². The van der Waals surface area contributed by atoms with Crippen LogP contribution in [-0.2, 0) is 12.8 Å². The minimum absolute atomic E-state index is 0.118. The highest BCUT2D eigenvalue weighted by Crippen LogP contribution is 2.32. The Hall–Kier alpha value is -2.92. The molecule has 1 aromatic heterocycles. The van der Waals surface area contributed by atoms with E-state index in [2.05, 4.69) is 19.2 Å². The quantitative estimate of drug-likeness (QED) is 0.235. The molecule has 5 nitrogen and oxygen atoms in total. The van der Waals surface area contributed by atoms with Crippen LogP contribution in [0.1, 0.15) is 89.1 Å². The molecule has 2 aromatic carbocycles. The molecule has 0 amide bonds. The average Bonchev–Trinajstić information content (AvgIpc) is 3.16. The van der Waals surface area contributed by atoms with Crippen molar-refractivity contribution in [3.63, 3.8) is 0 Å². The molecular weight excluding hydrogens is 414 g/mol. The summed E-state index contributed by atoms with van der Waals surface area (Å²) in [6.45, 7) is 8.08. The van der Waals surface area contributed by atoms with Crippen molar-refractivity contribution in [2.75, 3.05) is 13.1 Å². The van der Waals surface area contributed by atoms with Gasteiger partial charge in [0.1, 0.15) is 11.3 Å². The van der Waals surface area contributed by atoms with Crippen LogP contribution in [0.25, 0.3) is 11.0 Å². The second-order valence-corrected chi connectivity index (χ2v) is 8.71. The number of benzene rings is 2. The van der Waals surface area contributed by atoms with Crippen molar-refractivity contribution in [3.8, 4) is 0 Å². The van der Waals surface area contributed by atoms with E-state index < -0.39 is 5.97 Å². The van der Waals surface area contributed by atoms with Crippen molar-refractivity contribution in [1.29, 1.82) is 0 Å². The van der Waals surface area contributed by atoms with Crippen molar-refractivity contribution in [3.05, 3.63) is 70.0 Å². The lowest BCUT2D eigenvalue weighted by atomic mass is 9.95. The largest absolute Gasteiger partial charge is 0.478 e. The predicted octanol–water partition coefficient (Wildman–Crippen LogP) is 6.34. The summed E-state index contributed by atoms with van der Waals surface area (Å²) in [6.07, 6.45) is 6.95. The van der Waals surface area contributed by atoms with E-state index in [1.54, 1.807) is 19.1 Å². The SMILES string of the molecule is CCCCNCCCc1ccc(C(=O)c2c(CCCC)oc3cc(C)c(C(=O)O)cc23)cc1. The second-order valence-electron chi connectivity index (χ2n) is 8.71. The highest BCUT2D eigenvalue weighted by molar-refractivity contribution is 6.17. The maximum absolute atomic E-state index is 13.5. The smallest absolute Gasteiger partial charge is 0.335 e. The van der Waals surface area contributed by atoms with Gasteiger partial charge in [-0.25, -0.2) is 4.79 Å². The number of fused-ring (bicyclic) bond motifs is 1. The molecule has 176 valence electrons. The van der Waals surface area contributed by atoms with E-state index in [9.17, 15) is 14.7 Å². The van der Waals surface area contributed by atoms with Crippen LogP contribution in [0.2, 0.25) is 0 Å². The number of hydrogen-bond acceptors (Lipinski definition) is 4. The summed E-state index contributed by atoms with van der Waals surface area (Å²) >= 11 is 0. The Bertz CT molecular complexity index is 1100. The molecule has 1 heterocycles. The third-order valence-electron chi connectivity index (χ3n) is 6.07. The number of ketones is 1. The van der Waals surface area contributed by atoms with Gasteiger partial charge in [0, 0.05) is 17.4 Å². The topological polar surface area (TPSA) is 79.5 Å². The molecule has 0 fully saturated rings. The fraction of sp³-hybridized carbons (Fsp3) is 0.429. The van der Waals surface area contributed by atoms with E-state index in [0.717, 1.165) is 38.8 Å². The highest BCUT2D eigenvalue weighted by Gasteiger charge is 2.23. The molecule has 33 heavy (non-hydrogen) atoms. The van der Waals surface area contributed by atoms with Gasteiger partial charge in [-0.05, 0) is 69.0 Å². The van der Waals surface area contributed by atoms with Crippen molar-refractivity contribution in [2.45, 2.75) is 65.7 Å². The van der Waals surface area contributed by atoms with Crippen molar-refractivity contribution in [1.82, 2.24) is 5.32 Å². The zero-order chi connectivity index (χ0) is 23.8. The average molecular weight is 450 g/mol. The van der Waals surface area contributed by atoms with Gasteiger partial charge in [0.15, 0.2) is 5.78 Å². The van der Waals surface area contributed by atoms with E-state index in [1.165, 1.54) is 18.4 Å². The minimum Gasteiger partial charge on any atom is -0.478 e. The fourth-order valence-electron chi connectivity index (χ4n) is 4.10. The van der Waals surface area contributed by atoms with Crippen LogP contribution in [0.4, 0.5) is 0 Å². The van der Waals surface area contributed by atoms with E-state index in [4.69, 9.17) is 4.42 Å². The molecule has 0 spiro atoms. The molecule has 0 aliphatic rings. The number of carboxylic acids is 1. The molecule has 0 atom stereocenters. The Balaban J connectivity index is 1.84. The van der Waals surface area contributed by atoms with Crippen LogP contribution in [0, 0.1) is 6.92 Å². The van der Waals surface area contributed by atoms with Crippen molar-refractivity contribution < 1.29 is 19.1 Å². The Morgan fingerprint density at radius 1 is 0.939 bits per heavy atom. The molecule has 0 saturated heterocycles. The Labute approximate surface area is 196 Å². The molecule has 2 N–H and O–H groups in total. The number of rotatable bonds is 13.